The van der Waals surface area contributed by atoms with Crippen LogP contribution in [-0.2, 0) is 9.53 Å². The first-order valence-electron chi connectivity index (χ1n) is 8.07. The average Bonchev–Trinajstić information content (AvgIpc) is 2.55. The van der Waals surface area contributed by atoms with Crippen molar-refractivity contribution in [2.24, 2.45) is 0 Å². The third-order valence-corrected chi connectivity index (χ3v) is 4.10. The molecule has 0 saturated carbocycles. The van der Waals surface area contributed by atoms with Gasteiger partial charge in [0, 0.05) is 24.7 Å². The number of nitrogens with zero attached hydrogens (tertiary/aromatic N) is 1. The number of rotatable bonds is 7. The van der Waals surface area contributed by atoms with E-state index in [0.717, 1.165) is 44.8 Å². The van der Waals surface area contributed by atoms with E-state index in [0.29, 0.717) is 17.3 Å². The fraction of sp³-hybridized carbons (Fsp3) is 0.588. The Hall–Kier alpha value is -1.30. The van der Waals surface area contributed by atoms with Crippen molar-refractivity contribution in [2.45, 2.75) is 26.4 Å². The molecular formula is C17H25ClN2O3. The Morgan fingerprint density at radius 1 is 1.43 bits per heavy atom. The number of nitrogens with one attached hydrogen (secondary N) is 1. The van der Waals surface area contributed by atoms with Gasteiger partial charge < -0.3 is 14.8 Å². The second-order valence-corrected chi connectivity index (χ2v) is 6.20. The number of hydrogen-bond donors (Lipinski definition) is 1. The number of hydrogen-bond acceptors (Lipinski definition) is 4. The Bertz CT molecular complexity index is 519. The van der Waals surface area contributed by atoms with Crippen LogP contribution in [0.15, 0.2) is 18.2 Å². The van der Waals surface area contributed by atoms with Crippen LogP contribution in [0.4, 0.5) is 0 Å². The summed E-state index contributed by atoms with van der Waals surface area (Å²) in [7, 11) is 0. The van der Waals surface area contributed by atoms with Crippen molar-refractivity contribution in [1.29, 1.82) is 0 Å². The van der Waals surface area contributed by atoms with Crippen LogP contribution >= 0.6 is 11.6 Å². The van der Waals surface area contributed by atoms with E-state index in [1.807, 2.05) is 13.0 Å². The minimum Gasteiger partial charge on any atom is -0.481 e. The molecule has 1 atom stereocenters. The molecule has 6 heteroatoms. The Morgan fingerprint density at radius 3 is 2.87 bits per heavy atom. The number of amides is 1. The Morgan fingerprint density at radius 2 is 2.17 bits per heavy atom. The van der Waals surface area contributed by atoms with Crippen molar-refractivity contribution in [3.63, 3.8) is 0 Å². The number of benzene rings is 1. The zero-order valence-corrected chi connectivity index (χ0v) is 14.6. The van der Waals surface area contributed by atoms with Crippen LogP contribution < -0.4 is 10.1 Å². The molecule has 128 valence electrons. The van der Waals surface area contributed by atoms with Crippen LogP contribution in [0.5, 0.6) is 5.75 Å². The fourth-order valence-electron chi connectivity index (χ4n) is 2.47. The second kappa shape index (κ2) is 9.11. The lowest BCUT2D eigenvalue weighted by atomic mass is 10.2. The van der Waals surface area contributed by atoms with Gasteiger partial charge in [-0.1, -0.05) is 11.6 Å². The number of aryl methyl sites for hydroxylation is 1. The van der Waals surface area contributed by atoms with Crippen LogP contribution in [0.1, 0.15) is 18.9 Å². The van der Waals surface area contributed by atoms with Gasteiger partial charge >= 0.3 is 0 Å². The van der Waals surface area contributed by atoms with Gasteiger partial charge in [0.05, 0.1) is 13.2 Å². The summed E-state index contributed by atoms with van der Waals surface area (Å²) in [6.45, 7) is 8.86. The van der Waals surface area contributed by atoms with Gasteiger partial charge in [0.15, 0.2) is 6.10 Å². The molecule has 1 aromatic carbocycles. The van der Waals surface area contributed by atoms with Gasteiger partial charge in [-0.05, 0) is 50.6 Å². The van der Waals surface area contributed by atoms with Crippen molar-refractivity contribution < 1.29 is 14.3 Å². The van der Waals surface area contributed by atoms with Crippen molar-refractivity contribution in [1.82, 2.24) is 10.2 Å². The predicted molar refractivity (Wildman–Crippen MR) is 91.2 cm³/mol. The maximum absolute atomic E-state index is 12.1. The van der Waals surface area contributed by atoms with E-state index < -0.39 is 6.10 Å². The maximum atomic E-state index is 12.1. The molecule has 0 spiro atoms. The average molecular weight is 341 g/mol. The first-order chi connectivity index (χ1) is 11.1. The molecule has 1 aliphatic heterocycles. The molecule has 0 radical (unpaired) electrons. The highest BCUT2D eigenvalue weighted by molar-refractivity contribution is 6.30. The maximum Gasteiger partial charge on any atom is 0.260 e. The van der Waals surface area contributed by atoms with Gasteiger partial charge in [0.2, 0.25) is 0 Å². The van der Waals surface area contributed by atoms with Gasteiger partial charge in [-0.3, -0.25) is 9.69 Å². The van der Waals surface area contributed by atoms with Crippen LogP contribution in [0.25, 0.3) is 0 Å². The third-order valence-electron chi connectivity index (χ3n) is 3.86. The van der Waals surface area contributed by atoms with Crippen molar-refractivity contribution >= 4 is 17.5 Å². The van der Waals surface area contributed by atoms with Crippen molar-refractivity contribution in [3.8, 4) is 5.75 Å². The van der Waals surface area contributed by atoms with Gasteiger partial charge in [-0.2, -0.15) is 0 Å². The quantitative estimate of drug-likeness (QED) is 0.773. The summed E-state index contributed by atoms with van der Waals surface area (Å²) in [5.74, 6) is 0.590. The largest absolute Gasteiger partial charge is 0.481 e. The summed E-state index contributed by atoms with van der Waals surface area (Å²) in [5.41, 5.74) is 0.921. The Labute approximate surface area is 142 Å². The molecule has 1 aliphatic rings. The van der Waals surface area contributed by atoms with Gasteiger partial charge in [0.1, 0.15) is 5.75 Å². The van der Waals surface area contributed by atoms with E-state index in [9.17, 15) is 4.79 Å². The molecule has 23 heavy (non-hydrogen) atoms. The first-order valence-corrected chi connectivity index (χ1v) is 8.44. The summed E-state index contributed by atoms with van der Waals surface area (Å²) in [5, 5.41) is 3.59. The number of carbonyl (C=O) groups excluding carboxylic acids is 1. The molecule has 0 unspecified atom stereocenters. The van der Waals surface area contributed by atoms with Gasteiger partial charge in [0.25, 0.3) is 5.91 Å². The molecule has 5 nitrogen and oxygen atoms in total. The van der Waals surface area contributed by atoms with E-state index in [4.69, 9.17) is 21.1 Å². The molecule has 0 aromatic heterocycles. The van der Waals surface area contributed by atoms with E-state index >= 15 is 0 Å². The van der Waals surface area contributed by atoms with Crippen LogP contribution in [-0.4, -0.2) is 56.3 Å². The summed E-state index contributed by atoms with van der Waals surface area (Å²) in [6.07, 6.45) is 0.400. The minimum atomic E-state index is -0.529. The fourth-order valence-corrected chi connectivity index (χ4v) is 2.70. The van der Waals surface area contributed by atoms with Gasteiger partial charge in [-0.25, -0.2) is 0 Å². The monoisotopic (exact) mass is 340 g/mol. The van der Waals surface area contributed by atoms with Crippen LogP contribution in [0.3, 0.4) is 0 Å². The number of ether oxygens (including phenoxy) is 2. The normalized spacial score (nSPS) is 16.8. The number of morpholine rings is 1. The molecule has 1 saturated heterocycles. The lowest BCUT2D eigenvalue weighted by Gasteiger charge is -2.26. The highest BCUT2D eigenvalue weighted by atomic mass is 35.5. The standard InChI is InChI=1S/C17H25ClN2O3/c1-13-12-15(18)4-5-16(13)23-14(2)17(21)19-6-3-7-20-8-10-22-11-9-20/h4-5,12,14H,3,6-11H2,1-2H3,(H,19,21)/t14-/m0/s1. The molecule has 1 fully saturated rings. The predicted octanol–water partition coefficient (Wildman–Crippen LogP) is 2.25. The molecular weight excluding hydrogens is 316 g/mol. The van der Waals surface area contributed by atoms with Crippen LogP contribution in [0, 0.1) is 6.92 Å². The first kappa shape index (κ1) is 18.0. The lowest BCUT2D eigenvalue weighted by Crippen LogP contribution is -2.40. The van der Waals surface area contributed by atoms with E-state index in [1.165, 1.54) is 0 Å². The summed E-state index contributed by atoms with van der Waals surface area (Å²) >= 11 is 5.92. The van der Waals surface area contributed by atoms with Crippen molar-refractivity contribution in [3.05, 3.63) is 28.8 Å². The molecule has 0 aliphatic carbocycles. The van der Waals surface area contributed by atoms with Crippen molar-refractivity contribution in [2.75, 3.05) is 39.4 Å². The molecule has 1 aromatic rings. The molecule has 2 rings (SSSR count). The highest BCUT2D eigenvalue weighted by Crippen LogP contribution is 2.22. The molecule has 1 heterocycles. The van der Waals surface area contributed by atoms with E-state index in [1.54, 1.807) is 19.1 Å². The minimum absolute atomic E-state index is 0.0960. The van der Waals surface area contributed by atoms with Crippen LogP contribution in [0.2, 0.25) is 5.02 Å². The third kappa shape index (κ3) is 6.01. The summed E-state index contributed by atoms with van der Waals surface area (Å²) in [4.78, 5) is 14.4. The lowest BCUT2D eigenvalue weighted by molar-refractivity contribution is -0.127. The molecule has 0 bridgehead atoms. The number of halogens is 1. The smallest absolute Gasteiger partial charge is 0.260 e. The zero-order valence-electron chi connectivity index (χ0n) is 13.8. The SMILES string of the molecule is Cc1cc(Cl)ccc1O[C@@H](C)C(=O)NCCCN1CCOCC1. The second-order valence-electron chi connectivity index (χ2n) is 5.77. The summed E-state index contributed by atoms with van der Waals surface area (Å²) < 4.78 is 11.0. The number of carbonyl (C=O) groups is 1. The van der Waals surface area contributed by atoms with E-state index in [2.05, 4.69) is 10.2 Å². The molecule has 1 N–H and O–H groups in total. The Kier molecular flexibility index (Phi) is 7.15. The Balaban J connectivity index is 1.68. The topological polar surface area (TPSA) is 50.8 Å². The summed E-state index contributed by atoms with van der Waals surface area (Å²) in [6, 6.07) is 5.38. The highest BCUT2D eigenvalue weighted by Gasteiger charge is 2.15. The molecule has 1 amide bonds. The van der Waals surface area contributed by atoms with Gasteiger partial charge in [-0.15, -0.1) is 0 Å². The van der Waals surface area contributed by atoms with E-state index in [-0.39, 0.29) is 5.91 Å². The zero-order chi connectivity index (χ0) is 16.7.